The first-order valence-corrected chi connectivity index (χ1v) is 8.15. The molecule has 7 heteroatoms. The molecule has 0 aliphatic rings. The van der Waals surface area contributed by atoms with Gasteiger partial charge >= 0.3 is 5.97 Å². The van der Waals surface area contributed by atoms with E-state index in [4.69, 9.17) is 32.7 Å². The van der Waals surface area contributed by atoms with Gasteiger partial charge in [-0.05, 0) is 36.8 Å². The van der Waals surface area contributed by atoms with Gasteiger partial charge in [0.1, 0.15) is 11.3 Å². The Labute approximate surface area is 155 Å². The standard InChI is InChI=1S/C18H17Cl2NO4/c1-10(11-5-4-6-13(7-11)24-2)17(22)21-15-9-12(19)8-14(20)16(15)18(23)25-3/h4-10H,1-3H3,(H,21,22). The van der Waals surface area contributed by atoms with Crippen molar-refractivity contribution in [1.29, 1.82) is 0 Å². The molecule has 1 unspecified atom stereocenters. The molecule has 1 N–H and O–H groups in total. The number of nitrogens with one attached hydrogen (secondary N) is 1. The van der Waals surface area contributed by atoms with E-state index in [-0.39, 0.29) is 22.2 Å². The van der Waals surface area contributed by atoms with Crippen LogP contribution >= 0.6 is 23.2 Å². The van der Waals surface area contributed by atoms with E-state index in [1.54, 1.807) is 32.2 Å². The fourth-order valence-electron chi connectivity index (χ4n) is 2.28. The summed E-state index contributed by atoms with van der Waals surface area (Å²) in [5.74, 6) is -0.820. The average molecular weight is 382 g/mol. The van der Waals surface area contributed by atoms with Crippen molar-refractivity contribution in [2.75, 3.05) is 19.5 Å². The van der Waals surface area contributed by atoms with Crippen molar-refractivity contribution in [2.45, 2.75) is 12.8 Å². The van der Waals surface area contributed by atoms with Crippen molar-refractivity contribution < 1.29 is 19.1 Å². The fraction of sp³-hybridized carbons (Fsp3) is 0.222. The van der Waals surface area contributed by atoms with Crippen LogP contribution in [0.25, 0.3) is 0 Å². The van der Waals surface area contributed by atoms with Crippen molar-refractivity contribution in [3.8, 4) is 5.75 Å². The van der Waals surface area contributed by atoms with Gasteiger partial charge in [-0.15, -0.1) is 0 Å². The molecule has 2 aromatic rings. The SMILES string of the molecule is COC(=O)c1c(Cl)cc(Cl)cc1NC(=O)C(C)c1cccc(OC)c1. The van der Waals surface area contributed by atoms with Crippen molar-refractivity contribution in [2.24, 2.45) is 0 Å². The van der Waals surface area contributed by atoms with Crippen LogP contribution in [0.15, 0.2) is 36.4 Å². The van der Waals surface area contributed by atoms with Crippen LogP contribution in [0, 0.1) is 0 Å². The number of methoxy groups -OCH3 is 2. The Morgan fingerprint density at radius 1 is 1.12 bits per heavy atom. The van der Waals surface area contributed by atoms with E-state index in [2.05, 4.69) is 5.32 Å². The maximum atomic E-state index is 12.6. The molecule has 132 valence electrons. The van der Waals surface area contributed by atoms with Crippen molar-refractivity contribution >= 4 is 40.8 Å². The maximum Gasteiger partial charge on any atom is 0.341 e. The zero-order chi connectivity index (χ0) is 18.6. The molecule has 1 atom stereocenters. The quantitative estimate of drug-likeness (QED) is 0.772. The predicted molar refractivity (Wildman–Crippen MR) is 97.8 cm³/mol. The first kappa shape index (κ1) is 19.1. The molecule has 25 heavy (non-hydrogen) atoms. The summed E-state index contributed by atoms with van der Waals surface area (Å²) in [5, 5.41) is 3.09. The Balaban J connectivity index is 2.32. The van der Waals surface area contributed by atoms with E-state index in [0.717, 1.165) is 5.56 Å². The monoisotopic (exact) mass is 381 g/mol. The predicted octanol–water partition coefficient (Wildman–Crippen LogP) is 4.53. The number of ether oxygens (including phenoxy) is 2. The second-order valence-electron chi connectivity index (χ2n) is 5.29. The summed E-state index contributed by atoms with van der Waals surface area (Å²) in [6.45, 7) is 1.74. The highest BCUT2D eigenvalue weighted by Crippen LogP contribution is 2.31. The third-order valence-electron chi connectivity index (χ3n) is 3.69. The van der Waals surface area contributed by atoms with Gasteiger partial charge in [-0.3, -0.25) is 4.79 Å². The first-order valence-electron chi connectivity index (χ1n) is 7.39. The Bertz CT molecular complexity index is 808. The molecule has 0 saturated heterocycles. The zero-order valence-corrected chi connectivity index (χ0v) is 15.4. The summed E-state index contributed by atoms with van der Waals surface area (Å²) in [6, 6.07) is 10.1. The number of benzene rings is 2. The molecule has 0 fully saturated rings. The van der Waals surface area contributed by atoms with Gasteiger partial charge < -0.3 is 14.8 Å². The molecular weight excluding hydrogens is 365 g/mol. The Kier molecular flexibility index (Phi) is 6.28. The Hall–Kier alpha value is -2.24. The van der Waals surface area contributed by atoms with E-state index in [0.29, 0.717) is 10.8 Å². The molecule has 2 rings (SSSR count). The third-order valence-corrected chi connectivity index (χ3v) is 4.21. The fourth-order valence-corrected chi connectivity index (χ4v) is 2.86. The lowest BCUT2D eigenvalue weighted by atomic mass is 9.99. The molecule has 2 aromatic carbocycles. The highest BCUT2D eigenvalue weighted by Gasteiger charge is 2.22. The molecule has 5 nitrogen and oxygen atoms in total. The van der Waals surface area contributed by atoms with Crippen molar-refractivity contribution in [1.82, 2.24) is 0 Å². The van der Waals surface area contributed by atoms with Crippen molar-refractivity contribution in [3.05, 3.63) is 57.6 Å². The van der Waals surface area contributed by atoms with Gasteiger partial charge in [0.05, 0.1) is 30.8 Å². The van der Waals surface area contributed by atoms with Crippen LogP contribution < -0.4 is 10.1 Å². The summed E-state index contributed by atoms with van der Waals surface area (Å²) < 4.78 is 9.89. The molecule has 0 aliphatic heterocycles. The number of esters is 1. The lowest BCUT2D eigenvalue weighted by Gasteiger charge is -2.16. The van der Waals surface area contributed by atoms with Gasteiger partial charge in [-0.1, -0.05) is 35.3 Å². The number of hydrogen-bond donors (Lipinski definition) is 1. The van der Waals surface area contributed by atoms with Gasteiger partial charge in [0.15, 0.2) is 0 Å². The Morgan fingerprint density at radius 3 is 2.48 bits per heavy atom. The molecule has 1 amide bonds. The smallest absolute Gasteiger partial charge is 0.341 e. The van der Waals surface area contributed by atoms with Crippen LogP contribution in [0.2, 0.25) is 10.0 Å². The van der Waals surface area contributed by atoms with Crippen LogP contribution in [-0.2, 0) is 9.53 Å². The van der Waals surface area contributed by atoms with Crippen LogP contribution in [0.5, 0.6) is 5.75 Å². The average Bonchev–Trinajstić information content (AvgIpc) is 2.60. The molecule has 0 saturated carbocycles. The summed E-state index contributed by atoms with van der Waals surface area (Å²) in [4.78, 5) is 24.6. The summed E-state index contributed by atoms with van der Waals surface area (Å²) in [7, 11) is 2.79. The molecule has 0 radical (unpaired) electrons. The minimum atomic E-state index is -0.661. The molecule has 0 spiro atoms. The van der Waals surface area contributed by atoms with E-state index in [9.17, 15) is 9.59 Å². The normalized spacial score (nSPS) is 11.6. The third kappa shape index (κ3) is 4.44. The maximum absolute atomic E-state index is 12.6. The highest BCUT2D eigenvalue weighted by atomic mass is 35.5. The molecule has 0 aromatic heterocycles. The summed E-state index contributed by atoms with van der Waals surface area (Å²) in [5.41, 5.74) is 1.02. The summed E-state index contributed by atoms with van der Waals surface area (Å²) in [6.07, 6.45) is 0. The van der Waals surface area contributed by atoms with Crippen LogP contribution in [0.4, 0.5) is 5.69 Å². The van der Waals surface area contributed by atoms with Gasteiger partial charge in [0.2, 0.25) is 5.91 Å². The van der Waals surface area contributed by atoms with Crippen molar-refractivity contribution in [3.63, 3.8) is 0 Å². The van der Waals surface area contributed by atoms with E-state index >= 15 is 0 Å². The molecule has 0 heterocycles. The minimum absolute atomic E-state index is 0.0553. The highest BCUT2D eigenvalue weighted by molar-refractivity contribution is 6.37. The second-order valence-corrected chi connectivity index (χ2v) is 6.13. The number of hydrogen-bond acceptors (Lipinski definition) is 4. The number of amides is 1. The second kappa shape index (κ2) is 8.23. The van der Waals surface area contributed by atoms with Gasteiger partial charge in [-0.25, -0.2) is 4.79 Å². The largest absolute Gasteiger partial charge is 0.497 e. The lowest BCUT2D eigenvalue weighted by molar-refractivity contribution is -0.117. The van der Waals surface area contributed by atoms with Gasteiger partial charge in [0, 0.05) is 5.02 Å². The topological polar surface area (TPSA) is 64.6 Å². The van der Waals surface area contributed by atoms with E-state index in [1.165, 1.54) is 19.2 Å². The number of carbonyl (C=O) groups excluding carboxylic acids is 2. The summed E-state index contributed by atoms with van der Waals surface area (Å²) >= 11 is 12.1. The number of halogens is 2. The van der Waals surface area contributed by atoms with Crippen LogP contribution in [0.3, 0.4) is 0 Å². The Morgan fingerprint density at radius 2 is 1.84 bits per heavy atom. The van der Waals surface area contributed by atoms with E-state index in [1.807, 2.05) is 6.07 Å². The number of anilines is 1. The number of rotatable bonds is 5. The van der Waals surface area contributed by atoms with Gasteiger partial charge in [0.25, 0.3) is 0 Å². The zero-order valence-electron chi connectivity index (χ0n) is 13.9. The van der Waals surface area contributed by atoms with E-state index < -0.39 is 11.9 Å². The van der Waals surface area contributed by atoms with Gasteiger partial charge in [-0.2, -0.15) is 0 Å². The first-order chi connectivity index (χ1) is 11.9. The molecular formula is C18H17Cl2NO4. The molecule has 0 aliphatic carbocycles. The minimum Gasteiger partial charge on any atom is -0.497 e. The molecule has 0 bridgehead atoms. The lowest BCUT2D eigenvalue weighted by Crippen LogP contribution is -2.21. The van der Waals surface area contributed by atoms with Crippen LogP contribution in [-0.4, -0.2) is 26.1 Å². The number of carbonyl (C=O) groups is 2. The van der Waals surface area contributed by atoms with Crippen LogP contribution in [0.1, 0.15) is 28.8 Å².